The van der Waals surface area contributed by atoms with Crippen LogP contribution in [0.1, 0.15) is 56.8 Å². The Kier molecular flexibility index (Phi) is 7.93. The maximum Gasteiger partial charge on any atom is 0.251 e. The molecule has 7 heteroatoms. The molecule has 0 spiro atoms. The Morgan fingerprint density at radius 3 is 2.23 bits per heavy atom. The van der Waals surface area contributed by atoms with Crippen LogP contribution in [0.4, 0.5) is 0 Å². The van der Waals surface area contributed by atoms with Crippen LogP contribution in [0.25, 0.3) is 0 Å². The first-order valence-electron chi connectivity index (χ1n) is 11.5. The first-order valence-corrected chi connectivity index (χ1v) is 12.9. The number of nitrogens with zero attached hydrogens (tertiary/aromatic N) is 1. The van der Waals surface area contributed by atoms with Crippen LogP contribution in [-0.4, -0.2) is 57.9 Å². The zero-order valence-electron chi connectivity index (χ0n) is 18.7. The monoisotopic (exact) mass is 436 g/mol. The highest BCUT2D eigenvalue weighted by Crippen LogP contribution is 2.26. The Bertz CT molecular complexity index is 791. The molecule has 2 N–H and O–H groups in total. The maximum atomic E-state index is 13.0. The van der Waals surface area contributed by atoms with Crippen LogP contribution in [-0.2, 0) is 10.0 Å². The highest BCUT2D eigenvalue weighted by Gasteiger charge is 2.31. The fraction of sp³-hybridized carbons (Fsp3) is 0.696. The number of benzene rings is 1. The predicted molar refractivity (Wildman–Crippen MR) is 119 cm³/mol. The number of hydrogen-bond acceptors (Lipinski definition) is 3. The van der Waals surface area contributed by atoms with Crippen molar-refractivity contribution >= 4 is 15.9 Å². The van der Waals surface area contributed by atoms with Crippen molar-refractivity contribution in [2.75, 3.05) is 39.3 Å². The van der Waals surface area contributed by atoms with Gasteiger partial charge < -0.3 is 10.2 Å². The summed E-state index contributed by atoms with van der Waals surface area (Å²) in [4.78, 5) is 14.3. The van der Waals surface area contributed by atoms with Gasteiger partial charge in [-0.05, 0) is 61.3 Å². The molecule has 2 aliphatic heterocycles. The number of nitrogens with one attached hydrogen (secondary N) is 2. The lowest BCUT2D eigenvalue weighted by Gasteiger charge is -2.34. The number of sulfonamides is 1. The lowest BCUT2D eigenvalue weighted by molar-refractivity contribution is -0.906. The number of piperidine rings is 2. The summed E-state index contributed by atoms with van der Waals surface area (Å²) in [6.07, 6.45) is 4.62. The fourth-order valence-corrected chi connectivity index (χ4v) is 6.47. The van der Waals surface area contributed by atoms with Crippen molar-refractivity contribution in [3.05, 3.63) is 29.8 Å². The third kappa shape index (κ3) is 6.05. The van der Waals surface area contributed by atoms with Crippen molar-refractivity contribution < 1.29 is 18.1 Å². The summed E-state index contributed by atoms with van der Waals surface area (Å²) in [6.45, 7) is 11.9. The molecule has 30 heavy (non-hydrogen) atoms. The summed E-state index contributed by atoms with van der Waals surface area (Å²) in [7, 11) is -3.51. The number of amides is 1. The molecule has 168 valence electrons. The zero-order valence-corrected chi connectivity index (χ0v) is 19.5. The molecule has 2 heterocycles. The summed E-state index contributed by atoms with van der Waals surface area (Å²) < 4.78 is 27.5. The van der Waals surface area contributed by atoms with Crippen molar-refractivity contribution in [1.29, 1.82) is 0 Å². The van der Waals surface area contributed by atoms with E-state index in [0.29, 0.717) is 37.0 Å². The van der Waals surface area contributed by atoms with Crippen LogP contribution in [0, 0.1) is 17.8 Å². The number of carbonyl (C=O) groups excluding carboxylic acids is 1. The second kappa shape index (κ2) is 10.2. The van der Waals surface area contributed by atoms with E-state index in [9.17, 15) is 13.2 Å². The lowest BCUT2D eigenvalue weighted by Crippen LogP contribution is -3.13. The normalized spacial score (nSPS) is 28.2. The number of likely N-dealkylation sites (tertiary alicyclic amines) is 1. The van der Waals surface area contributed by atoms with Crippen LogP contribution in [0.5, 0.6) is 0 Å². The van der Waals surface area contributed by atoms with E-state index in [4.69, 9.17) is 0 Å². The van der Waals surface area contributed by atoms with Gasteiger partial charge in [-0.15, -0.1) is 0 Å². The highest BCUT2D eigenvalue weighted by molar-refractivity contribution is 7.89. The number of carbonyl (C=O) groups is 1. The first kappa shape index (κ1) is 23.2. The third-order valence-electron chi connectivity index (χ3n) is 6.56. The van der Waals surface area contributed by atoms with E-state index in [0.717, 1.165) is 25.3 Å². The number of hydrogen-bond donors (Lipinski definition) is 2. The number of quaternary nitrogens is 1. The van der Waals surface area contributed by atoms with Crippen LogP contribution < -0.4 is 10.2 Å². The molecule has 6 nitrogen and oxygen atoms in total. The van der Waals surface area contributed by atoms with E-state index in [-0.39, 0.29) is 10.8 Å². The summed E-state index contributed by atoms with van der Waals surface area (Å²) in [6, 6.07) is 6.37. The fourth-order valence-electron chi connectivity index (χ4n) is 4.79. The average molecular weight is 437 g/mol. The minimum absolute atomic E-state index is 0.138. The van der Waals surface area contributed by atoms with E-state index >= 15 is 0 Å². The lowest BCUT2D eigenvalue weighted by atomic mass is 9.94. The Hall–Kier alpha value is -1.44. The first-order chi connectivity index (χ1) is 14.3. The van der Waals surface area contributed by atoms with Crippen LogP contribution in [0.3, 0.4) is 0 Å². The van der Waals surface area contributed by atoms with Gasteiger partial charge in [0.05, 0.1) is 24.5 Å². The van der Waals surface area contributed by atoms with Gasteiger partial charge in [0.1, 0.15) is 0 Å². The molecule has 0 saturated carbocycles. The van der Waals surface area contributed by atoms with Crippen molar-refractivity contribution in [2.24, 2.45) is 17.8 Å². The van der Waals surface area contributed by atoms with Gasteiger partial charge in [0, 0.05) is 31.6 Å². The minimum atomic E-state index is -3.51. The summed E-state index contributed by atoms with van der Waals surface area (Å²) >= 11 is 0. The highest BCUT2D eigenvalue weighted by atomic mass is 32.2. The van der Waals surface area contributed by atoms with Crippen molar-refractivity contribution in [2.45, 2.75) is 51.3 Å². The van der Waals surface area contributed by atoms with Crippen LogP contribution >= 0.6 is 0 Å². The van der Waals surface area contributed by atoms with Gasteiger partial charge in [0.25, 0.3) is 5.91 Å². The third-order valence-corrected chi connectivity index (χ3v) is 8.41. The largest absolute Gasteiger partial charge is 0.352 e. The van der Waals surface area contributed by atoms with Crippen LogP contribution in [0.2, 0.25) is 0 Å². The summed E-state index contributed by atoms with van der Waals surface area (Å²) in [5.41, 5.74) is 0.508. The standard InChI is InChI=1S/C23H37N3O3S/c1-18-9-13-25(14-10-18)12-4-11-24-23(27)21-5-7-22(8-6-21)30(28,29)26-16-19(2)15-20(3)17-26/h5-8,18-20H,4,9-17H2,1-3H3,(H,24,27)/p+1/t19-,20-/m0/s1. The Morgan fingerprint density at radius 2 is 1.63 bits per heavy atom. The van der Waals surface area contributed by atoms with Crippen LogP contribution in [0.15, 0.2) is 29.2 Å². The van der Waals surface area contributed by atoms with Gasteiger partial charge in [-0.25, -0.2) is 8.42 Å². The van der Waals surface area contributed by atoms with E-state index in [1.165, 1.54) is 25.9 Å². The molecular weight excluding hydrogens is 398 g/mol. The van der Waals surface area contributed by atoms with E-state index < -0.39 is 10.0 Å². The Morgan fingerprint density at radius 1 is 1.03 bits per heavy atom. The molecule has 1 amide bonds. The molecule has 1 aromatic rings. The van der Waals surface area contributed by atoms with Gasteiger partial charge in [0.15, 0.2) is 0 Å². The second-order valence-electron chi connectivity index (χ2n) is 9.58. The molecule has 2 atom stereocenters. The van der Waals surface area contributed by atoms with Gasteiger partial charge in [0.2, 0.25) is 10.0 Å². The van der Waals surface area contributed by atoms with Crippen molar-refractivity contribution in [3.8, 4) is 0 Å². The quantitative estimate of drug-likeness (QED) is 0.640. The smallest absolute Gasteiger partial charge is 0.251 e. The minimum Gasteiger partial charge on any atom is -0.352 e. The Labute approximate surface area is 182 Å². The Balaban J connectivity index is 1.49. The van der Waals surface area contributed by atoms with Gasteiger partial charge in [-0.3, -0.25) is 4.79 Å². The van der Waals surface area contributed by atoms with Crippen molar-refractivity contribution in [3.63, 3.8) is 0 Å². The van der Waals surface area contributed by atoms with E-state index in [1.54, 1.807) is 33.5 Å². The maximum absolute atomic E-state index is 13.0. The summed E-state index contributed by atoms with van der Waals surface area (Å²) in [5.74, 6) is 1.44. The zero-order chi connectivity index (χ0) is 21.7. The summed E-state index contributed by atoms with van der Waals surface area (Å²) in [5, 5.41) is 2.97. The SMILES string of the molecule is CC1CC[NH+](CCCNC(=O)c2ccc(S(=O)(=O)N3C[C@@H](C)C[C@H](C)C3)cc2)CC1. The number of rotatable bonds is 7. The van der Waals surface area contributed by atoms with Gasteiger partial charge in [-0.1, -0.05) is 20.8 Å². The molecule has 0 aromatic heterocycles. The average Bonchev–Trinajstić information content (AvgIpc) is 2.71. The molecule has 0 bridgehead atoms. The second-order valence-corrected chi connectivity index (χ2v) is 11.5. The van der Waals surface area contributed by atoms with Gasteiger partial charge >= 0.3 is 0 Å². The van der Waals surface area contributed by atoms with E-state index in [2.05, 4.69) is 26.1 Å². The molecular formula is C23H38N3O3S+. The van der Waals surface area contributed by atoms with E-state index in [1.807, 2.05) is 0 Å². The molecule has 2 fully saturated rings. The molecule has 0 aliphatic carbocycles. The molecule has 1 aromatic carbocycles. The molecule has 0 radical (unpaired) electrons. The topological polar surface area (TPSA) is 70.9 Å². The molecule has 2 aliphatic rings. The molecule has 3 rings (SSSR count). The molecule has 2 saturated heterocycles. The molecule has 0 unspecified atom stereocenters. The predicted octanol–water partition coefficient (Wildman–Crippen LogP) is 1.79. The van der Waals surface area contributed by atoms with Crippen molar-refractivity contribution in [1.82, 2.24) is 9.62 Å². The van der Waals surface area contributed by atoms with Gasteiger partial charge in [-0.2, -0.15) is 4.31 Å².